The molecule has 0 saturated heterocycles. The first-order valence-corrected chi connectivity index (χ1v) is 12.2. The van der Waals surface area contributed by atoms with E-state index in [-0.39, 0.29) is 17.6 Å². The van der Waals surface area contributed by atoms with Crippen LogP contribution in [-0.4, -0.2) is 41.3 Å². The van der Waals surface area contributed by atoms with Crippen molar-refractivity contribution >= 4 is 51.0 Å². The SMILES string of the molecule is CCOC(=O)c1c(NC(=O)CSc2nc3ccc(OC)cc3[nH]2)sc2c1CCCCC2. The van der Waals surface area contributed by atoms with Crippen molar-refractivity contribution in [1.29, 1.82) is 0 Å². The molecule has 0 atom stereocenters. The fourth-order valence-corrected chi connectivity index (χ4v) is 5.69. The number of hydrogen-bond acceptors (Lipinski definition) is 7. The molecule has 4 rings (SSSR count). The molecule has 0 saturated carbocycles. The summed E-state index contributed by atoms with van der Waals surface area (Å²) in [5.74, 6) is 0.400. The molecule has 0 bridgehead atoms. The number of nitrogens with zero attached hydrogens (tertiary/aromatic N) is 1. The first kappa shape index (κ1) is 21.7. The fraction of sp³-hybridized carbons (Fsp3) is 0.409. The number of carbonyl (C=O) groups is 2. The summed E-state index contributed by atoms with van der Waals surface area (Å²) in [5, 5.41) is 4.21. The van der Waals surface area contributed by atoms with E-state index in [1.54, 1.807) is 14.0 Å². The van der Waals surface area contributed by atoms with Gasteiger partial charge in [0.25, 0.3) is 0 Å². The van der Waals surface area contributed by atoms with Crippen molar-refractivity contribution in [2.45, 2.75) is 44.2 Å². The minimum Gasteiger partial charge on any atom is -0.497 e. The Morgan fingerprint density at radius 1 is 1.26 bits per heavy atom. The predicted molar refractivity (Wildman–Crippen MR) is 124 cm³/mol. The number of rotatable bonds is 7. The average Bonchev–Trinajstić information content (AvgIpc) is 3.24. The molecule has 1 aliphatic rings. The second kappa shape index (κ2) is 9.74. The highest BCUT2D eigenvalue weighted by atomic mass is 32.2. The molecule has 0 aliphatic heterocycles. The number of thiophene rings is 1. The fourth-order valence-electron chi connectivity index (χ4n) is 3.71. The van der Waals surface area contributed by atoms with Crippen LogP contribution < -0.4 is 10.1 Å². The van der Waals surface area contributed by atoms with Crippen molar-refractivity contribution in [2.75, 3.05) is 24.8 Å². The molecule has 1 aliphatic carbocycles. The van der Waals surface area contributed by atoms with Gasteiger partial charge in [0.05, 0.1) is 36.1 Å². The summed E-state index contributed by atoms with van der Waals surface area (Å²) in [7, 11) is 1.62. The molecule has 2 N–H and O–H groups in total. The molecule has 2 heterocycles. The summed E-state index contributed by atoms with van der Waals surface area (Å²) < 4.78 is 10.5. The second-order valence-electron chi connectivity index (χ2n) is 7.25. The molecule has 164 valence electrons. The highest BCUT2D eigenvalue weighted by molar-refractivity contribution is 7.99. The molecule has 0 radical (unpaired) electrons. The lowest BCUT2D eigenvalue weighted by atomic mass is 10.1. The van der Waals surface area contributed by atoms with Gasteiger partial charge < -0.3 is 19.8 Å². The van der Waals surface area contributed by atoms with E-state index in [2.05, 4.69) is 15.3 Å². The van der Waals surface area contributed by atoms with Crippen LogP contribution in [0.2, 0.25) is 0 Å². The minimum absolute atomic E-state index is 0.176. The number of benzene rings is 1. The Kier molecular flexibility index (Phi) is 6.82. The zero-order valence-corrected chi connectivity index (χ0v) is 19.2. The number of aromatic nitrogens is 2. The Bertz CT molecular complexity index is 1110. The molecule has 0 fully saturated rings. The van der Waals surface area contributed by atoms with Gasteiger partial charge in [-0.25, -0.2) is 9.78 Å². The monoisotopic (exact) mass is 459 g/mol. The highest BCUT2D eigenvalue weighted by Crippen LogP contribution is 2.38. The Morgan fingerprint density at radius 2 is 2.10 bits per heavy atom. The molecular formula is C22H25N3O4S2. The van der Waals surface area contributed by atoms with E-state index >= 15 is 0 Å². The Balaban J connectivity index is 1.47. The zero-order valence-electron chi connectivity index (χ0n) is 17.6. The van der Waals surface area contributed by atoms with Crippen molar-refractivity contribution in [3.63, 3.8) is 0 Å². The first-order chi connectivity index (χ1) is 15.1. The Morgan fingerprint density at radius 3 is 2.90 bits per heavy atom. The van der Waals surface area contributed by atoms with Crippen LogP contribution in [0.3, 0.4) is 0 Å². The lowest BCUT2D eigenvalue weighted by Crippen LogP contribution is -2.17. The number of fused-ring (bicyclic) bond motifs is 2. The topological polar surface area (TPSA) is 93.3 Å². The lowest BCUT2D eigenvalue weighted by Gasteiger charge is -2.08. The van der Waals surface area contributed by atoms with E-state index < -0.39 is 0 Å². The van der Waals surface area contributed by atoms with Gasteiger partial charge in [0.15, 0.2) is 5.16 Å². The third-order valence-electron chi connectivity index (χ3n) is 5.16. The van der Waals surface area contributed by atoms with Gasteiger partial charge in [0, 0.05) is 10.9 Å². The van der Waals surface area contributed by atoms with E-state index in [9.17, 15) is 9.59 Å². The summed E-state index contributed by atoms with van der Waals surface area (Å²) in [6, 6.07) is 5.60. The summed E-state index contributed by atoms with van der Waals surface area (Å²) >= 11 is 2.83. The summed E-state index contributed by atoms with van der Waals surface area (Å²) in [5.41, 5.74) is 3.26. The first-order valence-electron chi connectivity index (χ1n) is 10.4. The van der Waals surface area contributed by atoms with E-state index in [1.807, 2.05) is 18.2 Å². The van der Waals surface area contributed by atoms with Crippen LogP contribution in [0.15, 0.2) is 23.4 Å². The molecule has 0 spiro atoms. The number of esters is 1. The predicted octanol–water partition coefficient (Wildman–Crippen LogP) is 4.81. The number of imidazole rings is 1. The maximum atomic E-state index is 12.7. The van der Waals surface area contributed by atoms with Crippen LogP contribution in [0.25, 0.3) is 11.0 Å². The van der Waals surface area contributed by atoms with Gasteiger partial charge in [-0.1, -0.05) is 18.2 Å². The number of thioether (sulfide) groups is 1. The smallest absolute Gasteiger partial charge is 0.341 e. The molecule has 3 aromatic rings. The van der Waals surface area contributed by atoms with Crippen molar-refractivity contribution in [3.05, 3.63) is 34.2 Å². The van der Waals surface area contributed by atoms with Crippen LogP contribution in [0.5, 0.6) is 5.75 Å². The highest BCUT2D eigenvalue weighted by Gasteiger charge is 2.26. The van der Waals surface area contributed by atoms with Gasteiger partial charge in [-0.3, -0.25) is 4.79 Å². The Hall–Kier alpha value is -2.52. The molecular weight excluding hydrogens is 434 g/mol. The maximum Gasteiger partial charge on any atom is 0.341 e. The normalized spacial score (nSPS) is 13.5. The summed E-state index contributed by atoms with van der Waals surface area (Å²) in [6.45, 7) is 2.10. The summed E-state index contributed by atoms with van der Waals surface area (Å²) in [6.07, 6.45) is 5.12. The van der Waals surface area contributed by atoms with Crippen molar-refractivity contribution in [2.24, 2.45) is 0 Å². The van der Waals surface area contributed by atoms with Crippen molar-refractivity contribution < 1.29 is 19.1 Å². The van der Waals surface area contributed by atoms with Gasteiger partial charge in [-0.2, -0.15) is 0 Å². The lowest BCUT2D eigenvalue weighted by molar-refractivity contribution is -0.113. The van der Waals surface area contributed by atoms with Gasteiger partial charge in [0.1, 0.15) is 10.8 Å². The maximum absolute atomic E-state index is 12.7. The quantitative estimate of drug-likeness (QED) is 0.299. The van der Waals surface area contributed by atoms with Gasteiger partial charge >= 0.3 is 5.97 Å². The number of anilines is 1. The number of aryl methyl sites for hydroxylation is 1. The van der Waals surface area contributed by atoms with E-state index in [0.29, 0.717) is 22.3 Å². The zero-order chi connectivity index (χ0) is 21.8. The van der Waals surface area contributed by atoms with Gasteiger partial charge in [-0.15, -0.1) is 11.3 Å². The van der Waals surface area contributed by atoms with E-state index in [4.69, 9.17) is 9.47 Å². The number of aromatic amines is 1. The van der Waals surface area contributed by atoms with Crippen LogP contribution in [0.1, 0.15) is 47.0 Å². The second-order valence-corrected chi connectivity index (χ2v) is 9.32. The standard InChI is InChI=1S/C22H25N3O4S2/c1-3-29-21(27)19-14-7-5-4-6-8-17(14)31-20(19)25-18(26)12-30-22-23-15-10-9-13(28-2)11-16(15)24-22/h9-11H,3-8,12H2,1-2H3,(H,23,24)(H,25,26). The van der Waals surface area contributed by atoms with Gasteiger partial charge in [0.2, 0.25) is 5.91 Å². The molecule has 1 aromatic carbocycles. The largest absolute Gasteiger partial charge is 0.497 e. The van der Waals surface area contributed by atoms with E-state index in [0.717, 1.165) is 54.5 Å². The number of hydrogen-bond donors (Lipinski definition) is 2. The van der Waals surface area contributed by atoms with Crippen LogP contribution >= 0.6 is 23.1 Å². The number of carbonyl (C=O) groups excluding carboxylic acids is 2. The van der Waals surface area contributed by atoms with Gasteiger partial charge in [-0.05, 0) is 50.3 Å². The van der Waals surface area contributed by atoms with Crippen molar-refractivity contribution in [1.82, 2.24) is 9.97 Å². The minimum atomic E-state index is -0.351. The summed E-state index contributed by atoms with van der Waals surface area (Å²) in [4.78, 5) is 34.2. The molecule has 0 unspecified atom stereocenters. The molecule has 1 amide bonds. The number of ether oxygens (including phenoxy) is 2. The number of amides is 1. The van der Waals surface area contributed by atoms with Crippen LogP contribution in [0.4, 0.5) is 5.00 Å². The van der Waals surface area contributed by atoms with Crippen LogP contribution in [0, 0.1) is 0 Å². The third kappa shape index (κ3) is 4.88. The molecule has 31 heavy (non-hydrogen) atoms. The van der Waals surface area contributed by atoms with Crippen LogP contribution in [-0.2, 0) is 22.4 Å². The van der Waals surface area contributed by atoms with E-state index in [1.165, 1.54) is 28.0 Å². The van der Waals surface area contributed by atoms with Crippen molar-refractivity contribution in [3.8, 4) is 5.75 Å². The Labute approximate surface area is 188 Å². The number of methoxy groups -OCH3 is 1. The number of nitrogens with one attached hydrogen (secondary N) is 2. The molecule has 2 aromatic heterocycles. The third-order valence-corrected chi connectivity index (χ3v) is 7.24. The average molecular weight is 460 g/mol. The molecule has 7 nitrogen and oxygen atoms in total. The molecule has 9 heteroatoms. The number of H-pyrrole nitrogens is 1.